The van der Waals surface area contributed by atoms with Crippen LogP contribution in [0.4, 0.5) is 0 Å². The third-order valence-corrected chi connectivity index (χ3v) is 1.70. The van der Waals surface area contributed by atoms with Crippen LogP contribution in [0.3, 0.4) is 0 Å². The van der Waals surface area contributed by atoms with Gasteiger partial charge in [0.05, 0.1) is 0 Å². The van der Waals surface area contributed by atoms with Crippen molar-refractivity contribution in [1.29, 1.82) is 0 Å². The maximum absolute atomic E-state index is 2.38. The Morgan fingerprint density at radius 1 is 0.833 bits per heavy atom. The van der Waals surface area contributed by atoms with Crippen molar-refractivity contribution in [2.75, 3.05) is 19.6 Å². The summed E-state index contributed by atoms with van der Waals surface area (Å²) in [6.45, 7) is 10.1. The Morgan fingerprint density at radius 3 is 1.08 bits per heavy atom. The molecule has 0 amide bonds. The van der Waals surface area contributed by atoms with Crippen LogP contribution in [-0.4, -0.2) is 24.5 Å². The van der Waals surface area contributed by atoms with Crippen molar-refractivity contribution >= 4 is 12.4 Å². The zero-order chi connectivity index (χ0) is 7.82. The second-order valence-corrected chi connectivity index (χ2v) is 2.68. The maximum Gasteiger partial charge on any atom is -0.00474 e. The monoisotopic (exact) mass is 196 g/mol. The van der Waals surface area contributed by atoms with Crippen molar-refractivity contribution in [3.05, 3.63) is 0 Å². The Morgan fingerprint density at radius 2 is 1.08 bits per heavy atom. The zero-order valence-corrected chi connectivity index (χ0v) is 9.62. The Labute approximate surface area is 83.7 Å². The minimum atomic E-state index is 0. The average Bonchev–Trinajstić information content (AvgIpc) is 2.76. The van der Waals surface area contributed by atoms with Gasteiger partial charge < -0.3 is 11.1 Å². The van der Waals surface area contributed by atoms with Crippen molar-refractivity contribution in [2.24, 2.45) is 0 Å². The van der Waals surface area contributed by atoms with E-state index >= 15 is 0 Å². The molecule has 12 heavy (non-hydrogen) atoms. The van der Waals surface area contributed by atoms with Crippen molar-refractivity contribution in [3.63, 3.8) is 0 Å². The van der Waals surface area contributed by atoms with Crippen LogP contribution in [-0.2, 0) is 0 Å². The first kappa shape index (κ1) is 18.1. The van der Waals surface area contributed by atoms with Gasteiger partial charge in [-0.3, -0.25) is 0 Å². The Hall–Kier alpha value is 0.210. The lowest BCUT2D eigenvalue weighted by atomic mass is 10.5. The van der Waals surface area contributed by atoms with Crippen LogP contribution in [0.25, 0.3) is 0 Å². The van der Waals surface area contributed by atoms with Crippen LogP contribution in [0.2, 0.25) is 0 Å². The van der Waals surface area contributed by atoms with Crippen LogP contribution >= 0.6 is 12.4 Å². The molecule has 1 saturated carbocycles. The van der Waals surface area contributed by atoms with Crippen LogP contribution in [0.5, 0.6) is 0 Å². The molecule has 0 spiro atoms. The number of halogens is 1. The molecule has 0 unspecified atom stereocenters. The lowest BCUT2D eigenvalue weighted by molar-refractivity contribution is 0.321. The molecule has 78 valence electrons. The Bertz CT molecular complexity index is 55.3. The number of nitrogens with zero attached hydrogens (tertiary/aromatic N) is 1. The SMILES string of the molecule is C1CC1.CCN(CC)CC.Cl.N. The van der Waals surface area contributed by atoms with E-state index in [2.05, 4.69) is 25.7 Å². The lowest BCUT2D eigenvalue weighted by Gasteiger charge is -2.13. The molecular formula is C9H25ClN2. The predicted octanol–water partition coefficient (Wildman–Crippen LogP) is 3.10. The number of rotatable bonds is 3. The molecule has 3 N–H and O–H groups in total. The normalized spacial score (nSPS) is 12.0. The molecular weight excluding hydrogens is 172 g/mol. The van der Waals surface area contributed by atoms with Crippen LogP contribution in [0, 0.1) is 0 Å². The first-order valence-electron chi connectivity index (χ1n) is 4.57. The molecule has 1 fully saturated rings. The highest BCUT2D eigenvalue weighted by Crippen LogP contribution is 2.14. The molecule has 3 heteroatoms. The van der Waals surface area contributed by atoms with E-state index in [1.165, 1.54) is 38.9 Å². The van der Waals surface area contributed by atoms with Crippen LogP contribution in [0.15, 0.2) is 0 Å². The number of hydrogen-bond acceptors (Lipinski definition) is 2. The van der Waals surface area contributed by atoms with Gasteiger partial charge in [0.15, 0.2) is 0 Å². The van der Waals surface area contributed by atoms with Gasteiger partial charge in [-0.05, 0) is 19.6 Å². The highest BCUT2D eigenvalue weighted by molar-refractivity contribution is 5.85. The van der Waals surface area contributed by atoms with Crippen molar-refractivity contribution in [3.8, 4) is 0 Å². The lowest BCUT2D eigenvalue weighted by Crippen LogP contribution is -2.21. The van der Waals surface area contributed by atoms with Gasteiger partial charge in [-0.1, -0.05) is 40.0 Å². The van der Waals surface area contributed by atoms with E-state index in [1.54, 1.807) is 0 Å². The van der Waals surface area contributed by atoms with Crippen molar-refractivity contribution in [1.82, 2.24) is 11.1 Å². The molecule has 0 aliphatic heterocycles. The highest BCUT2D eigenvalue weighted by Gasteiger charge is 1.95. The first-order chi connectivity index (χ1) is 4.85. The summed E-state index contributed by atoms with van der Waals surface area (Å²) in [5.41, 5.74) is 0. The van der Waals surface area contributed by atoms with E-state index < -0.39 is 0 Å². The van der Waals surface area contributed by atoms with Gasteiger partial charge in [0.2, 0.25) is 0 Å². The van der Waals surface area contributed by atoms with Gasteiger partial charge in [-0.2, -0.15) is 0 Å². The molecule has 0 saturated heterocycles. The predicted molar refractivity (Wildman–Crippen MR) is 59.6 cm³/mol. The average molecular weight is 197 g/mol. The molecule has 0 aromatic carbocycles. The molecule has 1 aliphatic carbocycles. The fraction of sp³-hybridized carbons (Fsp3) is 1.00. The standard InChI is InChI=1S/C6H15N.C3H6.ClH.H3N/c1-4-7(5-2)6-3;1-2-3-1;;/h4-6H2,1-3H3;1-3H2;1H;1H3. The summed E-state index contributed by atoms with van der Waals surface area (Å²) in [6, 6.07) is 0. The second kappa shape index (κ2) is 13.8. The second-order valence-electron chi connectivity index (χ2n) is 2.68. The zero-order valence-electron chi connectivity index (χ0n) is 8.81. The summed E-state index contributed by atoms with van der Waals surface area (Å²) in [5, 5.41) is 0. The van der Waals surface area contributed by atoms with E-state index in [0.717, 1.165) is 0 Å². The van der Waals surface area contributed by atoms with Crippen LogP contribution in [0.1, 0.15) is 40.0 Å². The summed E-state index contributed by atoms with van der Waals surface area (Å²) in [5.74, 6) is 0. The molecule has 0 aromatic rings. The molecule has 1 rings (SSSR count). The molecule has 0 heterocycles. The topological polar surface area (TPSA) is 38.2 Å². The largest absolute Gasteiger partial charge is 0.344 e. The summed E-state index contributed by atoms with van der Waals surface area (Å²) in [4.78, 5) is 2.38. The number of hydrogen-bond donors (Lipinski definition) is 1. The molecule has 0 bridgehead atoms. The minimum Gasteiger partial charge on any atom is -0.344 e. The summed E-state index contributed by atoms with van der Waals surface area (Å²) in [6.07, 6.45) is 4.50. The van der Waals surface area contributed by atoms with Gasteiger partial charge in [-0.25, -0.2) is 0 Å². The summed E-state index contributed by atoms with van der Waals surface area (Å²) < 4.78 is 0. The first-order valence-corrected chi connectivity index (χ1v) is 4.57. The molecule has 0 aromatic heterocycles. The third-order valence-electron chi connectivity index (χ3n) is 1.70. The van der Waals surface area contributed by atoms with E-state index in [4.69, 9.17) is 0 Å². The highest BCUT2D eigenvalue weighted by atomic mass is 35.5. The van der Waals surface area contributed by atoms with Gasteiger partial charge >= 0.3 is 0 Å². The van der Waals surface area contributed by atoms with E-state index in [1.807, 2.05) is 0 Å². The van der Waals surface area contributed by atoms with Crippen LogP contribution < -0.4 is 6.15 Å². The molecule has 1 aliphatic rings. The van der Waals surface area contributed by atoms with Gasteiger partial charge in [0.1, 0.15) is 0 Å². The van der Waals surface area contributed by atoms with E-state index in [9.17, 15) is 0 Å². The van der Waals surface area contributed by atoms with Gasteiger partial charge in [0.25, 0.3) is 0 Å². The van der Waals surface area contributed by atoms with Gasteiger partial charge in [0, 0.05) is 0 Å². The maximum atomic E-state index is 2.38. The van der Waals surface area contributed by atoms with Crippen molar-refractivity contribution < 1.29 is 0 Å². The van der Waals surface area contributed by atoms with Crippen molar-refractivity contribution in [2.45, 2.75) is 40.0 Å². The molecule has 0 radical (unpaired) electrons. The Kier molecular flexibility index (Phi) is 20.8. The quantitative estimate of drug-likeness (QED) is 0.754. The molecule has 0 atom stereocenters. The molecule has 2 nitrogen and oxygen atoms in total. The summed E-state index contributed by atoms with van der Waals surface area (Å²) in [7, 11) is 0. The smallest absolute Gasteiger partial charge is 0.00474 e. The Balaban J connectivity index is -0.000000138. The summed E-state index contributed by atoms with van der Waals surface area (Å²) >= 11 is 0. The van der Waals surface area contributed by atoms with Gasteiger partial charge in [-0.15, -0.1) is 12.4 Å². The minimum absolute atomic E-state index is 0. The fourth-order valence-electron chi connectivity index (χ4n) is 0.671. The van der Waals surface area contributed by atoms with E-state index in [0.29, 0.717) is 0 Å². The fourth-order valence-corrected chi connectivity index (χ4v) is 0.671. The third kappa shape index (κ3) is 16.7. The van der Waals surface area contributed by atoms with E-state index in [-0.39, 0.29) is 18.6 Å².